The molecule has 1 aromatic rings. The van der Waals surface area contributed by atoms with Crippen molar-refractivity contribution in [2.24, 2.45) is 0 Å². The van der Waals surface area contributed by atoms with Crippen LogP contribution in [0.15, 0.2) is 24.4 Å². The summed E-state index contributed by atoms with van der Waals surface area (Å²) in [4.78, 5) is 0. The van der Waals surface area contributed by atoms with Crippen molar-refractivity contribution in [2.45, 2.75) is 52.4 Å². The van der Waals surface area contributed by atoms with Gasteiger partial charge in [-0.05, 0) is 74.6 Å². The summed E-state index contributed by atoms with van der Waals surface area (Å²) in [7, 11) is 0. The first-order chi connectivity index (χ1) is 8.58. The van der Waals surface area contributed by atoms with Gasteiger partial charge in [0.05, 0.1) is 0 Å². The van der Waals surface area contributed by atoms with E-state index < -0.39 is 0 Å². The standard InChI is InChI=1S/C17H25N/c1-12(2)18-9-8-15-6-5-7-16-10-13(3)14(4)11-17(15)16/h10-11,15,18H,1,5-9H2,2-4H3. The van der Waals surface area contributed by atoms with Gasteiger partial charge in [0.2, 0.25) is 0 Å². The molecule has 0 heterocycles. The topological polar surface area (TPSA) is 12.0 Å². The smallest absolute Gasteiger partial charge is 0.0149 e. The molecule has 1 aromatic carbocycles. The van der Waals surface area contributed by atoms with Crippen LogP contribution in [0.5, 0.6) is 0 Å². The molecule has 1 nitrogen and oxygen atoms in total. The van der Waals surface area contributed by atoms with Gasteiger partial charge in [0, 0.05) is 12.2 Å². The summed E-state index contributed by atoms with van der Waals surface area (Å²) in [5, 5.41) is 3.36. The number of allylic oxidation sites excluding steroid dienone is 1. The lowest BCUT2D eigenvalue weighted by Gasteiger charge is -2.27. The summed E-state index contributed by atoms with van der Waals surface area (Å²) >= 11 is 0. The van der Waals surface area contributed by atoms with E-state index in [1.165, 1.54) is 36.8 Å². The molecule has 0 aliphatic heterocycles. The number of hydrogen-bond acceptors (Lipinski definition) is 1. The Labute approximate surface area is 111 Å². The molecule has 1 heteroatoms. The highest BCUT2D eigenvalue weighted by atomic mass is 14.9. The molecule has 0 saturated heterocycles. The summed E-state index contributed by atoms with van der Waals surface area (Å²) in [6.45, 7) is 11.4. The third-order valence-electron chi connectivity index (χ3n) is 4.11. The van der Waals surface area contributed by atoms with E-state index in [4.69, 9.17) is 0 Å². The van der Waals surface area contributed by atoms with Crippen LogP contribution in [0, 0.1) is 13.8 Å². The molecule has 0 radical (unpaired) electrons. The molecule has 98 valence electrons. The van der Waals surface area contributed by atoms with E-state index >= 15 is 0 Å². The minimum Gasteiger partial charge on any atom is -0.389 e. The summed E-state index contributed by atoms with van der Waals surface area (Å²) in [6.07, 6.45) is 5.17. The lowest BCUT2D eigenvalue weighted by atomic mass is 9.79. The van der Waals surface area contributed by atoms with Crippen molar-refractivity contribution in [1.29, 1.82) is 0 Å². The molecule has 1 aliphatic carbocycles. The van der Waals surface area contributed by atoms with Crippen LogP contribution in [0.1, 0.15) is 54.4 Å². The number of nitrogens with one attached hydrogen (secondary N) is 1. The molecule has 1 unspecified atom stereocenters. The Morgan fingerprint density at radius 1 is 1.33 bits per heavy atom. The predicted molar refractivity (Wildman–Crippen MR) is 79.0 cm³/mol. The maximum atomic E-state index is 3.90. The maximum absolute atomic E-state index is 3.90. The van der Waals surface area contributed by atoms with Crippen LogP contribution in [-0.4, -0.2) is 6.54 Å². The van der Waals surface area contributed by atoms with Gasteiger partial charge in [0.25, 0.3) is 0 Å². The van der Waals surface area contributed by atoms with Crippen LogP contribution in [-0.2, 0) is 6.42 Å². The zero-order valence-electron chi connectivity index (χ0n) is 12.0. The van der Waals surface area contributed by atoms with Crippen molar-refractivity contribution < 1.29 is 0 Å². The first kappa shape index (κ1) is 13.2. The molecule has 1 N–H and O–H groups in total. The van der Waals surface area contributed by atoms with Crippen molar-refractivity contribution in [3.63, 3.8) is 0 Å². The van der Waals surface area contributed by atoms with E-state index in [1.807, 2.05) is 6.92 Å². The van der Waals surface area contributed by atoms with Crippen LogP contribution in [0.25, 0.3) is 0 Å². The second-order valence-corrected chi connectivity index (χ2v) is 5.72. The Kier molecular flexibility index (Phi) is 4.11. The first-order valence-electron chi connectivity index (χ1n) is 7.07. The molecule has 0 amide bonds. The molecule has 2 rings (SSSR count). The lowest BCUT2D eigenvalue weighted by molar-refractivity contribution is 0.510. The Balaban J connectivity index is 2.12. The van der Waals surface area contributed by atoms with Crippen LogP contribution < -0.4 is 5.32 Å². The van der Waals surface area contributed by atoms with E-state index in [-0.39, 0.29) is 0 Å². The highest BCUT2D eigenvalue weighted by molar-refractivity contribution is 5.40. The molecular weight excluding hydrogens is 218 g/mol. The van der Waals surface area contributed by atoms with Crippen molar-refractivity contribution in [1.82, 2.24) is 5.32 Å². The first-order valence-corrected chi connectivity index (χ1v) is 7.07. The SMILES string of the molecule is C=C(C)NCCC1CCCc2cc(C)c(C)cc21. The highest BCUT2D eigenvalue weighted by Gasteiger charge is 2.20. The fraction of sp³-hybridized carbons (Fsp3) is 0.529. The Hall–Kier alpha value is -1.24. The average molecular weight is 243 g/mol. The summed E-state index contributed by atoms with van der Waals surface area (Å²) in [5.74, 6) is 0.736. The lowest BCUT2D eigenvalue weighted by Crippen LogP contribution is -2.18. The minimum absolute atomic E-state index is 0.736. The highest BCUT2D eigenvalue weighted by Crippen LogP contribution is 2.35. The normalized spacial score (nSPS) is 18.3. The van der Waals surface area contributed by atoms with Crippen LogP contribution in [0.3, 0.4) is 0 Å². The maximum Gasteiger partial charge on any atom is 0.0149 e. The second-order valence-electron chi connectivity index (χ2n) is 5.72. The molecule has 0 aromatic heterocycles. The minimum atomic E-state index is 0.736. The van der Waals surface area contributed by atoms with Crippen molar-refractivity contribution in [3.05, 3.63) is 46.7 Å². The number of benzene rings is 1. The van der Waals surface area contributed by atoms with Gasteiger partial charge in [-0.2, -0.15) is 0 Å². The van der Waals surface area contributed by atoms with E-state index in [1.54, 1.807) is 11.1 Å². The molecule has 0 fully saturated rings. The van der Waals surface area contributed by atoms with E-state index in [9.17, 15) is 0 Å². The van der Waals surface area contributed by atoms with Crippen molar-refractivity contribution >= 4 is 0 Å². The number of hydrogen-bond donors (Lipinski definition) is 1. The Bertz CT molecular complexity index is 445. The van der Waals surface area contributed by atoms with Crippen LogP contribution >= 0.6 is 0 Å². The van der Waals surface area contributed by atoms with Crippen molar-refractivity contribution in [3.8, 4) is 0 Å². The van der Waals surface area contributed by atoms with Gasteiger partial charge in [-0.1, -0.05) is 18.7 Å². The summed E-state index contributed by atoms with van der Waals surface area (Å²) in [6, 6.07) is 4.83. The fourth-order valence-electron chi connectivity index (χ4n) is 2.95. The van der Waals surface area contributed by atoms with Gasteiger partial charge in [-0.15, -0.1) is 0 Å². The van der Waals surface area contributed by atoms with Crippen molar-refractivity contribution in [2.75, 3.05) is 6.54 Å². The average Bonchev–Trinajstić information content (AvgIpc) is 2.31. The van der Waals surface area contributed by atoms with E-state index in [0.717, 1.165) is 18.2 Å². The van der Waals surface area contributed by atoms with E-state index in [0.29, 0.717) is 0 Å². The molecule has 0 bridgehead atoms. The third-order valence-corrected chi connectivity index (χ3v) is 4.11. The van der Waals surface area contributed by atoms with Crippen LogP contribution in [0.4, 0.5) is 0 Å². The quantitative estimate of drug-likeness (QED) is 0.834. The van der Waals surface area contributed by atoms with E-state index in [2.05, 4.69) is 37.9 Å². The predicted octanol–water partition coefficient (Wildman–Crippen LogP) is 4.24. The number of fused-ring (bicyclic) bond motifs is 1. The van der Waals surface area contributed by atoms with Gasteiger partial charge in [0.15, 0.2) is 0 Å². The molecule has 18 heavy (non-hydrogen) atoms. The van der Waals surface area contributed by atoms with Crippen LogP contribution in [0.2, 0.25) is 0 Å². The zero-order chi connectivity index (χ0) is 13.1. The summed E-state index contributed by atoms with van der Waals surface area (Å²) in [5.41, 5.74) is 7.15. The van der Waals surface area contributed by atoms with Gasteiger partial charge < -0.3 is 5.32 Å². The molecule has 1 atom stereocenters. The van der Waals surface area contributed by atoms with Gasteiger partial charge >= 0.3 is 0 Å². The third kappa shape index (κ3) is 2.95. The second kappa shape index (κ2) is 5.60. The zero-order valence-corrected chi connectivity index (χ0v) is 12.0. The number of aryl methyl sites for hydroxylation is 3. The fourth-order valence-corrected chi connectivity index (χ4v) is 2.95. The molecule has 0 spiro atoms. The Morgan fingerprint density at radius 2 is 2.06 bits per heavy atom. The molecule has 1 aliphatic rings. The van der Waals surface area contributed by atoms with Gasteiger partial charge in [-0.3, -0.25) is 0 Å². The molecular formula is C17H25N. The monoisotopic (exact) mass is 243 g/mol. The molecule has 0 saturated carbocycles. The van der Waals surface area contributed by atoms with Gasteiger partial charge in [-0.25, -0.2) is 0 Å². The largest absolute Gasteiger partial charge is 0.389 e. The summed E-state index contributed by atoms with van der Waals surface area (Å²) < 4.78 is 0. The number of rotatable bonds is 4. The Morgan fingerprint density at radius 3 is 2.78 bits per heavy atom. The van der Waals surface area contributed by atoms with Gasteiger partial charge in [0.1, 0.15) is 0 Å².